The molecule has 0 spiro atoms. The van der Waals surface area contributed by atoms with E-state index in [0.29, 0.717) is 19.6 Å². The number of hydrogen-bond acceptors (Lipinski definition) is 5. The van der Waals surface area contributed by atoms with Crippen molar-refractivity contribution in [1.29, 1.82) is 0 Å². The molecule has 0 radical (unpaired) electrons. The van der Waals surface area contributed by atoms with Crippen LogP contribution in [0.15, 0.2) is 34.2 Å². The van der Waals surface area contributed by atoms with Gasteiger partial charge in [0.1, 0.15) is 0 Å². The zero-order valence-corrected chi connectivity index (χ0v) is 23.4. The van der Waals surface area contributed by atoms with Gasteiger partial charge in [-0.15, -0.1) is 0 Å². The highest BCUT2D eigenvalue weighted by molar-refractivity contribution is 14.2. The molecule has 4 rings (SSSR count). The molecule has 0 saturated carbocycles. The molecule has 7 nitrogen and oxygen atoms in total. The fourth-order valence-electron chi connectivity index (χ4n) is 4.44. The fourth-order valence-corrected chi connectivity index (χ4v) is 8.55. The van der Waals surface area contributed by atoms with Crippen molar-refractivity contribution in [2.45, 2.75) is 38.0 Å². The Bertz CT molecular complexity index is 1310. The summed E-state index contributed by atoms with van der Waals surface area (Å²) >= 11 is 2.58. The molecule has 2 aliphatic heterocycles. The van der Waals surface area contributed by atoms with Crippen molar-refractivity contribution in [1.82, 2.24) is 4.31 Å². The van der Waals surface area contributed by atoms with E-state index >= 15 is 0 Å². The van der Waals surface area contributed by atoms with E-state index in [1.807, 2.05) is 0 Å². The van der Waals surface area contributed by atoms with E-state index in [4.69, 9.17) is 10.1 Å². The van der Waals surface area contributed by atoms with E-state index in [9.17, 15) is 8.42 Å². The molecule has 10 heteroatoms. The Morgan fingerprint density at radius 2 is 1.79 bits per heavy atom. The Hall–Kier alpha value is -1.21. The van der Waals surface area contributed by atoms with Crippen molar-refractivity contribution in [2.75, 3.05) is 50.1 Å². The van der Waals surface area contributed by atoms with Crippen molar-refractivity contribution in [3.63, 3.8) is 0 Å². The number of nitrogens with zero attached hydrogens (tertiary/aromatic N) is 4. The number of benzene rings is 2. The summed E-state index contributed by atoms with van der Waals surface area (Å²) in [5, 5.41) is 6.50. The molecule has 2 heterocycles. The lowest BCUT2D eigenvalue weighted by Crippen LogP contribution is -2.39. The van der Waals surface area contributed by atoms with Crippen LogP contribution >= 0.6 is 28.9 Å². The topological polar surface area (TPSA) is 82.2 Å². The summed E-state index contributed by atoms with van der Waals surface area (Å²) < 4.78 is 26.3. The van der Waals surface area contributed by atoms with E-state index in [-0.39, 0.29) is 7.66 Å². The third-order valence-electron chi connectivity index (χ3n) is 6.35. The van der Waals surface area contributed by atoms with Crippen molar-refractivity contribution >= 4 is 56.1 Å². The van der Waals surface area contributed by atoms with Crippen LogP contribution in [0.1, 0.15) is 31.4 Å². The average Bonchev–Trinajstić information content (AvgIpc) is 3.04. The third kappa shape index (κ3) is 4.95. The molecule has 180 valence electrons. The smallest absolute Gasteiger partial charge is 0.276 e. The van der Waals surface area contributed by atoms with Crippen molar-refractivity contribution in [3.05, 3.63) is 45.3 Å². The molecular weight excluding hydrogens is 569 g/mol. The lowest BCUT2D eigenvalue weighted by molar-refractivity contribution is 0.434. The van der Waals surface area contributed by atoms with E-state index < -0.39 is 10.2 Å². The third-order valence-corrected chi connectivity index (χ3v) is 11.7. The minimum atomic E-state index is -3.65. The summed E-state index contributed by atoms with van der Waals surface area (Å²) in [7, 11) is 0.374. The van der Waals surface area contributed by atoms with Crippen LogP contribution in [0.2, 0.25) is 0 Å². The Balaban J connectivity index is 1.84. The second kappa shape index (κ2) is 9.80. The van der Waals surface area contributed by atoms with Crippen LogP contribution < -0.4 is 20.3 Å². The Morgan fingerprint density at radius 1 is 1.06 bits per heavy atom. The largest absolute Gasteiger partial charge is 0.378 e. The number of hydrogen-bond donors (Lipinski definition) is 1. The highest BCUT2D eigenvalue weighted by atomic mass is 127. The van der Waals surface area contributed by atoms with Gasteiger partial charge in [-0.05, 0) is 75.9 Å². The lowest BCUT2D eigenvalue weighted by atomic mass is 10.1. The van der Waals surface area contributed by atoms with Gasteiger partial charge in [0.05, 0.1) is 11.0 Å². The Morgan fingerprint density at radius 3 is 2.42 bits per heavy atom. The summed E-state index contributed by atoms with van der Waals surface area (Å²) in [6.45, 7) is 6.68. The van der Waals surface area contributed by atoms with Gasteiger partial charge >= 0.3 is 0 Å². The second-order valence-electron chi connectivity index (χ2n) is 8.66. The fraction of sp³-hybridized carbons (Fsp3) is 0.478. The number of halogens is 1. The van der Waals surface area contributed by atoms with E-state index in [2.05, 4.69) is 83.2 Å². The first-order chi connectivity index (χ1) is 15.6. The first kappa shape index (κ1) is 24.9. The van der Waals surface area contributed by atoms with Gasteiger partial charge in [-0.1, -0.05) is 21.5 Å². The van der Waals surface area contributed by atoms with Gasteiger partial charge < -0.3 is 9.80 Å². The maximum Gasteiger partial charge on any atom is 0.276 e. The quantitative estimate of drug-likeness (QED) is 0.418. The van der Waals surface area contributed by atoms with E-state index in [0.717, 1.165) is 42.5 Å². The average molecular weight is 602 g/mol. The highest BCUT2D eigenvalue weighted by Gasteiger charge is 2.23. The van der Waals surface area contributed by atoms with Crippen LogP contribution in [-0.2, 0) is 23.1 Å². The molecular formula is C23H32IN5O2S2. The Labute approximate surface area is 211 Å². The first-order valence-electron chi connectivity index (χ1n) is 11.3. The van der Waals surface area contributed by atoms with E-state index in [1.54, 1.807) is 0 Å². The molecule has 0 bridgehead atoms. The molecule has 2 aromatic carbocycles. The predicted octanol–water partition coefficient (Wildman–Crippen LogP) is 3.79. The maximum atomic E-state index is 11.8. The molecule has 2 aromatic rings. The summed E-state index contributed by atoms with van der Waals surface area (Å²) in [5.41, 5.74) is 6.02. The SMILES string of the molecule is CCc1cc(N(C)C)cc2c1N=c1c(CC)cc(N3CCCN(S(N)(=O)=O)CC3)cc1=S2I. The number of aryl methyl sites for hydroxylation is 2. The van der Waals surface area contributed by atoms with Crippen LogP contribution in [0.4, 0.5) is 17.1 Å². The number of nitrogens with two attached hydrogens (primary N) is 1. The van der Waals surface area contributed by atoms with E-state index in [1.165, 1.54) is 30.5 Å². The molecule has 2 aliphatic rings. The van der Waals surface area contributed by atoms with Gasteiger partial charge in [0, 0.05) is 61.1 Å². The molecule has 1 unspecified atom stereocenters. The molecule has 1 fully saturated rings. The van der Waals surface area contributed by atoms with Gasteiger partial charge in [-0.3, -0.25) is 0 Å². The van der Waals surface area contributed by atoms with Gasteiger partial charge in [-0.2, -0.15) is 12.7 Å². The molecule has 0 aliphatic carbocycles. The zero-order valence-electron chi connectivity index (χ0n) is 19.6. The predicted molar refractivity (Wildman–Crippen MR) is 147 cm³/mol. The van der Waals surface area contributed by atoms with Crippen LogP contribution in [0.5, 0.6) is 0 Å². The molecule has 1 atom stereocenters. The zero-order chi connectivity index (χ0) is 23.9. The standard InChI is InChI=1S/C23H32IN5O2S2/c1-5-16-12-18(27(3)4)14-20-22(16)26-23-17(6-2)13-19(15-21(23)32(20)24)28-8-7-9-29(11-10-28)33(25,30)31/h12-15H,5-11H2,1-4H3,(H2,25,30,31). The summed E-state index contributed by atoms with van der Waals surface area (Å²) in [6.07, 6.45) is 2.60. The van der Waals surface area contributed by atoms with Gasteiger partial charge in [-0.25, -0.2) is 10.1 Å². The van der Waals surface area contributed by atoms with Gasteiger partial charge in [0.15, 0.2) is 0 Å². The number of anilines is 2. The minimum Gasteiger partial charge on any atom is -0.378 e. The summed E-state index contributed by atoms with van der Waals surface area (Å²) in [4.78, 5) is 11.0. The van der Waals surface area contributed by atoms with Crippen molar-refractivity contribution in [2.24, 2.45) is 10.1 Å². The van der Waals surface area contributed by atoms with Crippen molar-refractivity contribution in [3.8, 4) is 0 Å². The maximum absolute atomic E-state index is 11.8. The lowest BCUT2D eigenvalue weighted by Gasteiger charge is -2.25. The van der Waals surface area contributed by atoms with Crippen LogP contribution in [0, 0.1) is 4.51 Å². The Kier molecular flexibility index (Phi) is 7.40. The van der Waals surface area contributed by atoms with Gasteiger partial charge in [0.2, 0.25) is 0 Å². The molecule has 0 amide bonds. The van der Waals surface area contributed by atoms with Gasteiger partial charge in [0.25, 0.3) is 10.2 Å². The second-order valence-corrected chi connectivity index (χ2v) is 14.2. The monoisotopic (exact) mass is 601 g/mol. The summed E-state index contributed by atoms with van der Waals surface area (Å²) in [6, 6.07) is 9.06. The van der Waals surface area contributed by atoms with Crippen LogP contribution in [-0.4, -0.2) is 53.0 Å². The van der Waals surface area contributed by atoms with Crippen LogP contribution in [0.25, 0.3) is 0 Å². The molecule has 1 saturated heterocycles. The summed E-state index contributed by atoms with van der Waals surface area (Å²) in [5.74, 6) is 0. The van der Waals surface area contributed by atoms with Crippen molar-refractivity contribution < 1.29 is 8.42 Å². The minimum absolute atomic E-state index is 0.134. The molecule has 2 N–H and O–H groups in total. The molecule has 0 aromatic heterocycles. The molecule has 33 heavy (non-hydrogen) atoms. The number of rotatable bonds is 5. The normalized spacial score (nSPS) is 18.8. The highest BCUT2D eigenvalue weighted by Crippen LogP contribution is 2.48. The van der Waals surface area contributed by atoms with Crippen LogP contribution in [0.3, 0.4) is 0 Å². The number of fused-ring (bicyclic) bond motifs is 2. The first-order valence-corrected chi connectivity index (χ1v) is 16.6.